The number of phenols is 1. The summed E-state index contributed by atoms with van der Waals surface area (Å²) in [6.07, 6.45) is -0.983. The van der Waals surface area contributed by atoms with Crippen LogP contribution in [-0.4, -0.2) is 60.9 Å². The highest BCUT2D eigenvalue weighted by Crippen LogP contribution is 2.68. The summed E-state index contributed by atoms with van der Waals surface area (Å²) in [6, 6.07) is 13.7. The summed E-state index contributed by atoms with van der Waals surface area (Å²) in [5.41, 5.74) is -5.91. The number of phenolic OH excluding ortho intramolecular Hbond substituents is 1. The molecule has 0 spiro atoms. The van der Waals surface area contributed by atoms with Crippen molar-refractivity contribution >= 4 is 34.4 Å². The van der Waals surface area contributed by atoms with E-state index in [0.29, 0.717) is 33.0 Å². The molecule has 238 valence electrons. The molecule has 0 bridgehead atoms. The average molecular weight is 625 g/mol. The Morgan fingerprint density at radius 1 is 0.935 bits per heavy atom. The zero-order chi connectivity index (χ0) is 33.8. The second-order valence-corrected chi connectivity index (χ2v) is 13.6. The number of aliphatic hydroxyl groups excluding tert-OH is 3. The van der Waals surface area contributed by atoms with Crippen molar-refractivity contribution in [2.24, 2.45) is 22.7 Å². The van der Waals surface area contributed by atoms with Gasteiger partial charge in [0, 0.05) is 22.3 Å². The first-order chi connectivity index (χ1) is 21.5. The number of aldehydes is 1. The predicted octanol–water partition coefficient (Wildman–Crippen LogP) is 5.51. The summed E-state index contributed by atoms with van der Waals surface area (Å²) in [5, 5.41) is 60.8. The van der Waals surface area contributed by atoms with E-state index in [4.69, 9.17) is 0 Å². The second kappa shape index (κ2) is 9.95. The van der Waals surface area contributed by atoms with Crippen molar-refractivity contribution in [3.05, 3.63) is 87.9 Å². The first kappa shape index (κ1) is 31.4. The van der Waals surface area contributed by atoms with E-state index in [1.807, 2.05) is 12.1 Å². The fraction of sp³-hybridized carbons (Fsp3) is 0.351. The largest absolute Gasteiger partial charge is 0.511 e. The second-order valence-electron chi connectivity index (χ2n) is 13.6. The van der Waals surface area contributed by atoms with Crippen LogP contribution < -0.4 is 0 Å². The third kappa shape index (κ3) is 3.47. The highest BCUT2D eigenvalue weighted by Gasteiger charge is 2.76. The fourth-order valence-electron chi connectivity index (χ4n) is 8.90. The van der Waals surface area contributed by atoms with Gasteiger partial charge in [0.1, 0.15) is 22.8 Å². The topological polar surface area (TPSA) is 169 Å². The molecule has 3 aliphatic rings. The molecule has 0 saturated heterocycles. The number of Topliss-reactive ketones (excluding diaryl/α,β-unsaturated/α-hetero) is 3. The number of carbonyl (C=O) groups excluding carboxylic acids is 4. The Hall–Kier alpha value is -4.60. The van der Waals surface area contributed by atoms with Crippen molar-refractivity contribution in [2.75, 3.05) is 0 Å². The molecule has 3 aromatic rings. The van der Waals surface area contributed by atoms with Gasteiger partial charge in [0.15, 0.2) is 23.5 Å². The van der Waals surface area contributed by atoms with Gasteiger partial charge in [-0.1, -0.05) is 77.1 Å². The van der Waals surface area contributed by atoms with Crippen molar-refractivity contribution in [1.82, 2.24) is 0 Å². The highest BCUT2D eigenvalue weighted by atomic mass is 16.4. The molecule has 1 unspecified atom stereocenters. The summed E-state index contributed by atoms with van der Waals surface area (Å²) in [4.78, 5) is 53.0. The molecular weight excluding hydrogens is 588 g/mol. The Bertz CT molecular complexity index is 1980. The maximum absolute atomic E-state index is 14.6. The normalized spacial score (nSPS) is 30.8. The summed E-state index contributed by atoms with van der Waals surface area (Å²) in [5.74, 6) is -7.61. The van der Waals surface area contributed by atoms with Gasteiger partial charge in [-0.05, 0) is 52.3 Å². The van der Waals surface area contributed by atoms with Crippen LogP contribution in [0.4, 0.5) is 0 Å². The SMILES string of the molecule is CC(=O)C1=C(O)C(C(C)C)[C@@]2(C)[C@H](O)[C@]3(C)C(=C(O)[C@@]2(O)C1=O)C(=O)c1c(O)ccc(-c2ccc(C=O)c4ccccc24)c1[C@H]3C. The maximum atomic E-state index is 14.6. The van der Waals surface area contributed by atoms with Crippen molar-refractivity contribution < 1.29 is 44.7 Å². The van der Waals surface area contributed by atoms with Crippen molar-refractivity contribution in [3.8, 4) is 16.9 Å². The molecule has 0 saturated carbocycles. The molecule has 6 atom stereocenters. The molecular formula is C37H36O9. The number of aliphatic hydroxyl groups is 4. The number of hydrogen-bond donors (Lipinski definition) is 5. The number of fused-ring (bicyclic) bond motifs is 4. The van der Waals surface area contributed by atoms with Gasteiger partial charge < -0.3 is 25.5 Å². The Morgan fingerprint density at radius 3 is 2.13 bits per heavy atom. The van der Waals surface area contributed by atoms with Gasteiger partial charge in [0.05, 0.1) is 17.2 Å². The standard InChI is InChI=1S/C37H36O9/c1-16(2)28-30(41)26(18(4)39)32(43)37(46)33(44)29-31(42)27-24(40)14-13-23(25(27)17(3)35(29,5)34(45)36(28,37)6)22-12-11-19(15-38)20-9-7-8-10-21(20)22/h7-17,28,34,40-41,44-46H,1-6H3/t17-,28?,34-,35+,36+,37+/m1/s1. The Morgan fingerprint density at radius 2 is 1.54 bits per heavy atom. The lowest BCUT2D eigenvalue weighted by Crippen LogP contribution is -2.73. The van der Waals surface area contributed by atoms with Gasteiger partial charge >= 0.3 is 0 Å². The first-order valence-electron chi connectivity index (χ1n) is 15.2. The smallest absolute Gasteiger partial charge is 0.209 e. The maximum Gasteiger partial charge on any atom is 0.209 e. The van der Waals surface area contributed by atoms with E-state index in [-0.39, 0.29) is 5.56 Å². The number of ketones is 3. The molecule has 9 nitrogen and oxygen atoms in total. The van der Waals surface area contributed by atoms with Crippen LogP contribution in [0.25, 0.3) is 21.9 Å². The van der Waals surface area contributed by atoms with E-state index < -0.39 is 86.1 Å². The van der Waals surface area contributed by atoms with Crippen LogP contribution in [0.3, 0.4) is 0 Å². The van der Waals surface area contributed by atoms with Gasteiger partial charge in [-0.3, -0.25) is 19.2 Å². The molecule has 3 aromatic carbocycles. The fourth-order valence-corrected chi connectivity index (χ4v) is 8.90. The van der Waals surface area contributed by atoms with Gasteiger partial charge in [-0.15, -0.1) is 0 Å². The summed E-state index contributed by atoms with van der Waals surface area (Å²) >= 11 is 0. The molecule has 5 N–H and O–H groups in total. The quantitative estimate of drug-likeness (QED) is 0.186. The van der Waals surface area contributed by atoms with Gasteiger partial charge in [0.2, 0.25) is 5.78 Å². The van der Waals surface area contributed by atoms with Crippen LogP contribution in [0.2, 0.25) is 0 Å². The predicted molar refractivity (Wildman–Crippen MR) is 170 cm³/mol. The van der Waals surface area contributed by atoms with Crippen molar-refractivity contribution in [3.63, 3.8) is 0 Å². The number of carbonyl (C=O) groups is 4. The van der Waals surface area contributed by atoms with E-state index in [0.717, 1.165) is 13.2 Å². The van der Waals surface area contributed by atoms with Crippen molar-refractivity contribution in [1.29, 1.82) is 0 Å². The number of hydrogen-bond acceptors (Lipinski definition) is 9. The molecule has 0 heterocycles. The van der Waals surface area contributed by atoms with Crippen LogP contribution in [-0.2, 0) is 9.59 Å². The summed E-state index contributed by atoms with van der Waals surface area (Å²) in [7, 11) is 0. The monoisotopic (exact) mass is 624 g/mol. The van der Waals surface area contributed by atoms with Crippen LogP contribution in [0.5, 0.6) is 5.75 Å². The Labute approximate surface area is 265 Å². The van der Waals surface area contributed by atoms with E-state index in [9.17, 15) is 44.7 Å². The number of benzene rings is 3. The zero-order valence-electron chi connectivity index (χ0n) is 26.4. The molecule has 0 fully saturated rings. The van der Waals surface area contributed by atoms with E-state index >= 15 is 0 Å². The Balaban J connectivity index is 1.71. The Kier molecular flexibility index (Phi) is 6.79. The molecule has 46 heavy (non-hydrogen) atoms. The van der Waals surface area contributed by atoms with Crippen LogP contribution in [0, 0.1) is 22.7 Å². The van der Waals surface area contributed by atoms with Crippen LogP contribution >= 0.6 is 0 Å². The van der Waals surface area contributed by atoms with E-state index in [2.05, 4.69) is 0 Å². The minimum atomic E-state index is -2.95. The number of rotatable bonds is 4. The first-order valence-corrected chi connectivity index (χ1v) is 15.2. The molecule has 6 rings (SSSR count). The zero-order valence-corrected chi connectivity index (χ0v) is 26.4. The number of allylic oxidation sites excluding steroid dienone is 1. The molecule has 0 radical (unpaired) electrons. The lowest BCUT2D eigenvalue weighted by atomic mass is 9.41. The summed E-state index contributed by atoms with van der Waals surface area (Å²) < 4.78 is 0. The van der Waals surface area contributed by atoms with Crippen LogP contribution in [0.15, 0.2) is 71.2 Å². The van der Waals surface area contributed by atoms with Gasteiger partial charge in [0.25, 0.3) is 0 Å². The lowest BCUT2D eigenvalue weighted by Gasteiger charge is -2.63. The van der Waals surface area contributed by atoms with Crippen molar-refractivity contribution in [2.45, 2.75) is 59.2 Å². The number of aromatic hydroxyl groups is 1. The summed E-state index contributed by atoms with van der Waals surface area (Å²) in [6.45, 7) is 9.11. The third-order valence-electron chi connectivity index (χ3n) is 11.2. The minimum absolute atomic E-state index is 0.166. The average Bonchev–Trinajstić information content (AvgIpc) is 3.00. The highest BCUT2D eigenvalue weighted by molar-refractivity contribution is 6.25. The lowest BCUT2D eigenvalue weighted by molar-refractivity contribution is -0.211. The molecule has 3 aliphatic carbocycles. The molecule has 9 heteroatoms. The van der Waals surface area contributed by atoms with E-state index in [1.54, 1.807) is 58.0 Å². The van der Waals surface area contributed by atoms with E-state index in [1.165, 1.54) is 13.0 Å². The molecule has 0 aromatic heterocycles. The van der Waals surface area contributed by atoms with Crippen LogP contribution in [0.1, 0.15) is 73.7 Å². The molecule has 0 aliphatic heterocycles. The third-order valence-corrected chi connectivity index (χ3v) is 11.2. The van der Waals surface area contributed by atoms with Gasteiger partial charge in [-0.25, -0.2) is 0 Å². The minimum Gasteiger partial charge on any atom is -0.511 e. The van der Waals surface area contributed by atoms with Gasteiger partial charge in [-0.2, -0.15) is 0 Å². The molecule has 0 amide bonds.